The third-order valence-electron chi connectivity index (χ3n) is 3.43. The molecule has 5 nitrogen and oxygen atoms in total. The van der Waals surface area contributed by atoms with Crippen LogP contribution in [-0.2, 0) is 11.3 Å². The second-order valence-electron chi connectivity index (χ2n) is 5.36. The highest BCUT2D eigenvalue weighted by Gasteiger charge is 2.05. The highest BCUT2D eigenvalue weighted by atomic mass is 35.5. The molecule has 0 aromatic heterocycles. The molecule has 0 saturated carbocycles. The molecule has 0 saturated heterocycles. The van der Waals surface area contributed by atoms with E-state index in [4.69, 9.17) is 33.7 Å². The summed E-state index contributed by atoms with van der Waals surface area (Å²) in [4.78, 5) is 22.8. The van der Waals surface area contributed by atoms with Gasteiger partial charge in [-0.25, -0.2) is 0 Å². The molecule has 2 rings (SSSR count). The first-order chi connectivity index (χ1) is 12.0. The summed E-state index contributed by atoms with van der Waals surface area (Å²) < 4.78 is 5.53. The quantitative estimate of drug-likeness (QED) is 0.686. The Kier molecular flexibility index (Phi) is 7.10. The molecule has 0 bridgehead atoms. The number of amides is 2. The standard InChI is InChI=1S/C18H18Cl2N2O3/c19-14-7-8-16(15(20)10-14)25-9-1-2-17(23)22-11-12-3-5-13(6-4-12)18(21)24/h3-8,10H,1-2,9,11H2,(H2,21,24)(H,22,23). The normalized spacial score (nSPS) is 10.3. The lowest BCUT2D eigenvalue weighted by Gasteiger charge is -2.09. The van der Waals surface area contributed by atoms with Crippen LogP contribution in [-0.4, -0.2) is 18.4 Å². The monoisotopic (exact) mass is 380 g/mol. The number of ether oxygens (including phenoxy) is 1. The number of carbonyl (C=O) groups excluding carboxylic acids is 2. The van der Waals surface area contributed by atoms with Crippen LogP contribution in [0.5, 0.6) is 5.75 Å². The van der Waals surface area contributed by atoms with E-state index in [9.17, 15) is 9.59 Å². The van der Waals surface area contributed by atoms with E-state index in [-0.39, 0.29) is 5.91 Å². The Morgan fingerprint density at radius 3 is 2.44 bits per heavy atom. The van der Waals surface area contributed by atoms with Gasteiger partial charge in [0, 0.05) is 23.6 Å². The van der Waals surface area contributed by atoms with E-state index in [1.165, 1.54) is 0 Å². The Balaban J connectivity index is 1.67. The van der Waals surface area contributed by atoms with Gasteiger partial charge in [0.2, 0.25) is 11.8 Å². The maximum absolute atomic E-state index is 11.8. The minimum Gasteiger partial charge on any atom is -0.492 e. The summed E-state index contributed by atoms with van der Waals surface area (Å²) in [6.07, 6.45) is 0.899. The minimum absolute atomic E-state index is 0.0789. The minimum atomic E-state index is -0.476. The number of hydrogen-bond donors (Lipinski definition) is 2. The van der Waals surface area contributed by atoms with Crippen LogP contribution in [0, 0.1) is 0 Å². The molecule has 2 aromatic rings. The van der Waals surface area contributed by atoms with Crippen molar-refractivity contribution >= 4 is 35.0 Å². The molecular weight excluding hydrogens is 363 g/mol. The van der Waals surface area contributed by atoms with Crippen molar-refractivity contribution in [1.29, 1.82) is 0 Å². The Labute approximate surface area is 156 Å². The molecule has 0 heterocycles. The largest absolute Gasteiger partial charge is 0.492 e. The molecule has 2 amide bonds. The van der Waals surface area contributed by atoms with E-state index in [1.807, 2.05) is 0 Å². The van der Waals surface area contributed by atoms with Crippen molar-refractivity contribution < 1.29 is 14.3 Å². The van der Waals surface area contributed by atoms with Crippen molar-refractivity contribution in [3.05, 3.63) is 63.6 Å². The third kappa shape index (κ3) is 6.29. The predicted molar refractivity (Wildman–Crippen MR) is 98.0 cm³/mol. The van der Waals surface area contributed by atoms with Crippen LogP contribution in [0.2, 0.25) is 10.0 Å². The van der Waals surface area contributed by atoms with Gasteiger partial charge in [-0.2, -0.15) is 0 Å². The molecule has 0 unspecified atom stereocenters. The van der Waals surface area contributed by atoms with Gasteiger partial charge in [-0.1, -0.05) is 35.3 Å². The van der Waals surface area contributed by atoms with Crippen molar-refractivity contribution in [2.75, 3.05) is 6.61 Å². The highest BCUT2D eigenvalue weighted by molar-refractivity contribution is 6.35. The lowest BCUT2D eigenvalue weighted by molar-refractivity contribution is -0.121. The second kappa shape index (κ2) is 9.30. The van der Waals surface area contributed by atoms with Crippen LogP contribution < -0.4 is 15.8 Å². The summed E-state index contributed by atoms with van der Waals surface area (Å²) in [6.45, 7) is 0.768. The maximum atomic E-state index is 11.8. The number of primary amides is 1. The Morgan fingerprint density at radius 1 is 1.08 bits per heavy atom. The number of rotatable bonds is 8. The third-order valence-corrected chi connectivity index (χ3v) is 3.96. The van der Waals surface area contributed by atoms with Gasteiger partial charge in [0.25, 0.3) is 0 Å². The molecule has 0 aliphatic rings. The molecule has 0 fully saturated rings. The molecule has 0 radical (unpaired) electrons. The molecule has 0 spiro atoms. The van der Waals surface area contributed by atoms with Gasteiger partial charge < -0.3 is 15.8 Å². The van der Waals surface area contributed by atoms with E-state index in [1.54, 1.807) is 42.5 Å². The average Bonchev–Trinajstić information content (AvgIpc) is 2.58. The molecule has 7 heteroatoms. The van der Waals surface area contributed by atoms with Crippen molar-refractivity contribution in [1.82, 2.24) is 5.32 Å². The fraction of sp³-hybridized carbons (Fsp3) is 0.222. The van der Waals surface area contributed by atoms with E-state index in [2.05, 4.69) is 5.32 Å². The number of halogens is 2. The zero-order valence-corrected chi connectivity index (χ0v) is 14.9. The Bertz CT molecular complexity index is 748. The molecule has 2 aromatic carbocycles. The average molecular weight is 381 g/mol. The lowest BCUT2D eigenvalue weighted by Crippen LogP contribution is -2.23. The zero-order valence-electron chi connectivity index (χ0n) is 13.4. The number of nitrogens with two attached hydrogens (primary N) is 1. The Hall–Kier alpha value is -2.24. The number of hydrogen-bond acceptors (Lipinski definition) is 3. The summed E-state index contributed by atoms with van der Waals surface area (Å²) >= 11 is 11.8. The van der Waals surface area contributed by atoms with Crippen LogP contribution in [0.4, 0.5) is 0 Å². The van der Waals surface area contributed by atoms with Crippen LogP contribution >= 0.6 is 23.2 Å². The van der Waals surface area contributed by atoms with Gasteiger partial charge in [0.05, 0.1) is 11.6 Å². The van der Waals surface area contributed by atoms with Crippen LogP contribution in [0.15, 0.2) is 42.5 Å². The summed E-state index contributed by atoms with van der Waals surface area (Å²) in [6, 6.07) is 11.8. The fourth-order valence-corrected chi connectivity index (χ4v) is 2.55. The lowest BCUT2D eigenvalue weighted by atomic mass is 10.1. The first kappa shape index (κ1) is 19.1. The van der Waals surface area contributed by atoms with E-state index < -0.39 is 5.91 Å². The number of carbonyl (C=O) groups is 2. The number of benzene rings is 2. The molecule has 3 N–H and O–H groups in total. The van der Waals surface area contributed by atoms with Crippen LogP contribution in [0.25, 0.3) is 0 Å². The molecule has 132 valence electrons. The van der Waals surface area contributed by atoms with Gasteiger partial charge in [0.15, 0.2) is 0 Å². The van der Waals surface area contributed by atoms with Crippen molar-refractivity contribution in [2.45, 2.75) is 19.4 Å². The molecule has 0 aliphatic carbocycles. The molecule has 0 atom stereocenters. The maximum Gasteiger partial charge on any atom is 0.248 e. The molecular formula is C18H18Cl2N2O3. The summed E-state index contributed by atoms with van der Waals surface area (Å²) in [5, 5.41) is 3.79. The summed E-state index contributed by atoms with van der Waals surface area (Å²) in [5.41, 5.74) is 6.51. The summed E-state index contributed by atoms with van der Waals surface area (Å²) in [5.74, 6) is -0.0119. The first-order valence-corrected chi connectivity index (χ1v) is 8.44. The fourth-order valence-electron chi connectivity index (χ4n) is 2.08. The van der Waals surface area contributed by atoms with E-state index in [0.717, 1.165) is 5.56 Å². The first-order valence-electron chi connectivity index (χ1n) is 7.69. The van der Waals surface area contributed by atoms with E-state index >= 15 is 0 Å². The van der Waals surface area contributed by atoms with Crippen LogP contribution in [0.3, 0.4) is 0 Å². The van der Waals surface area contributed by atoms with Crippen LogP contribution in [0.1, 0.15) is 28.8 Å². The Morgan fingerprint density at radius 2 is 1.80 bits per heavy atom. The highest BCUT2D eigenvalue weighted by Crippen LogP contribution is 2.27. The van der Waals surface area contributed by atoms with Gasteiger partial charge in [-0.15, -0.1) is 0 Å². The van der Waals surface area contributed by atoms with E-state index in [0.29, 0.717) is 47.4 Å². The topological polar surface area (TPSA) is 81.4 Å². The van der Waals surface area contributed by atoms with Gasteiger partial charge >= 0.3 is 0 Å². The van der Waals surface area contributed by atoms with Crippen molar-refractivity contribution in [3.8, 4) is 5.75 Å². The smallest absolute Gasteiger partial charge is 0.248 e. The number of nitrogens with one attached hydrogen (secondary N) is 1. The summed E-state index contributed by atoms with van der Waals surface area (Å²) in [7, 11) is 0. The van der Waals surface area contributed by atoms with Crippen molar-refractivity contribution in [2.24, 2.45) is 5.73 Å². The second-order valence-corrected chi connectivity index (χ2v) is 6.21. The van der Waals surface area contributed by atoms with Gasteiger partial charge in [0.1, 0.15) is 5.75 Å². The molecule has 25 heavy (non-hydrogen) atoms. The predicted octanol–water partition coefficient (Wildman–Crippen LogP) is 3.57. The molecule has 0 aliphatic heterocycles. The zero-order chi connectivity index (χ0) is 18.2. The van der Waals surface area contributed by atoms with Gasteiger partial charge in [-0.3, -0.25) is 9.59 Å². The van der Waals surface area contributed by atoms with Crippen molar-refractivity contribution in [3.63, 3.8) is 0 Å². The van der Waals surface area contributed by atoms with Gasteiger partial charge in [-0.05, 0) is 42.3 Å². The SMILES string of the molecule is NC(=O)c1ccc(CNC(=O)CCCOc2ccc(Cl)cc2Cl)cc1.